The van der Waals surface area contributed by atoms with Gasteiger partial charge in [0.1, 0.15) is 5.78 Å². The molecule has 0 fully saturated rings. The molecule has 0 aliphatic rings. The maximum Gasteiger partial charge on any atom is 0.325 e. The predicted octanol–water partition coefficient (Wildman–Crippen LogP) is 1.06. The van der Waals surface area contributed by atoms with E-state index in [0.29, 0.717) is 13.0 Å². The van der Waals surface area contributed by atoms with Crippen molar-refractivity contribution in [2.45, 2.75) is 13.3 Å². The van der Waals surface area contributed by atoms with Crippen molar-refractivity contribution in [3.63, 3.8) is 0 Å². The number of Topliss-reactive ketones (excluding diaryl/α,β-unsaturated/α-hetero) is 1. The molecule has 0 aliphatic carbocycles. The minimum Gasteiger partial charge on any atom is -0.384 e. The molecule has 0 aromatic rings. The van der Waals surface area contributed by atoms with E-state index in [1.807, 2.05) is 0 Å². The van der Waals surface area contributed by atoms with E-state index in [1.165, 1.54) is 14.0 Å². The first kappa shape index (κ1) is 13.8. The fraction of sp³-hybridized carbons (Fsp3) is 0.875. The largest absolute Gasteiger partial charge is 0.384 e. The fourth-order valence-electron chi connectivity index (χ4n) is 1.05. The molecule has 0 amide bonds. The summed E-state index contributed by atoms with van der Waals surface area (Å²) in [4.78, 5) is 19.7. The van der Waals surface area contributed by atoms with Gasteiger partial charge >= 0.3 is 7.60 Å². The van der Waals surface area contributed by atoms with Crippen LogP contribution in [0.4, 0.5) is 0 Å². The van der Waals surface area contributed by atoms with Crippen molar-refractivity contribution in [3.8, 4) is 0 Å². The van der Waals surface area contributed by atoms with Crippen LogP contribution in [0.3, 0.4) is 0 Å². The van der Waals surface area contributed by atoms with E-state index in [4.69, 9.17) is 14.2 Å². The molecule has 0 aromatic carbocycles. The quantitative estimate of drug-likeness (QED) is 0.654. The van der Waals surface area contributed by atoms with Gasteiger partial charge in [-0.1, -0.05) is 0 Å². The normalized spacial score (nSPS) is 17.4. The lowest BCUT2D eigenvalue weighted by atomic mass is 10.1. The van der Waals surface area contributed by atoms with Gasteiger partial charge in [0.2, 0.25) is 0 Å². The van der Waals surface area contributed by atoms with Gasteiger partial charge in [-0.25, -0.2) is 0 Å². The van der Waals surface area contributed by atoms with Crippen LogP contribution in [-0.4, -0.2) is 37.7 Å². The van der Waals surface area contributed by atoms with Gasteiger partial charge in [-0.3, -0.25) is 4.57 Å². The Morgan fingerprint density at radius 3 is 2.43 bits per heavy atom. The molecule has 0 saturated heterocycles. The molecule has 0 radical (unpaired) electrons. The first-order valence-corrected chi connectivity index (χ1v) is 6.31. The molecular formula is C8H17O5P. The van der Waals surface area contributed by atoms with Gasteiger partial charge in [0.25, 0.3) is 0 Å². The summed E-state index contributed by atoms with van der Waals surface area (Å²) in [6, 6.07) is 0. The average Bonchev–Trinajstić information content (AvgIpc) is 1.98. The number of carbonyl (C=O) groups is 1. The summed E-state index contributed by atoms with van der Waals surface area (Å²) in [5.74, 6) is -0.141. The average molecular weight is 224 g/mol. The minimum atomic E-state index is -3.45. The molecule has 2 atom stereocenters. The predicted molar refractivity (Wildman–Crippen MR) is 52.4 cm³/mol. The summed E-state index contributed by atoms with van der Waals surface area (Å²) < 4.78 is 20.4. The van der Waals surface area contributed by atoms with Crippen LogP contribution in [0.15, 0.2) is 0 Å². The van der Waals surface area contributed by atoms with Crippen LogP contribution in [0.2, 0.25) is 0 Å². The zero-order valence-corrected chi connectivity index (χ0v) is 9.62. The summed E-state index contributed by atoms with van der Waals surface area (Å²) in [6.45, 7) is 3.00. The number of hydrogen-bond donors (Lipinski definition) is 1. The molecule has 0 bridgehead atoms. The number of hydrogen-bond acceptors (Lipinski definition) is 4. The van der Waals surface area contributed by atoms with Crippen molar-refractivity contribution in [2.75, 3.05) is 27.0 Å². The third-order valence-electron chi connectivity index (χ3n) is 1.53. The second-order valence-corrected chi connectivity index (χ2v) is 5.19. The highest BCUT2D eigenvalue weighted by Crippen LogP contribution is 2.37. The van der Waals surface area contributed by atoms with Crippen LogP contribution in [0.5, 0.6) is 0 Å². The lowest BCUT2D eigenvalue weighted by Crippen LogP contribution is -2.17. The molecule has 1 unspecified atom stereocenters. The number of ketones is 1. The molecule has 1 N–H and O–H groups in total. The number of rotatable bonds is 7. The molecule has 6 heteroatoms. The van der Waals surface area contributed by atoms with Crippen molar-refractivity contribution >= 4 is 13.4 Å². The molecule has 0 aromatic heterocycles. The Labute approximate surface area is 83.9 Å². The third-order valence-corrected chi connectivity index (χ3v) is 2.16. The van der Waals surface area contributed by atoms with Gasteiger partial charge in [-0.15, -0.1) is 0 Å². The van der Waals surface area contributed by atoms with Gasteiger partial charge in [-0.2, -0.15) is 0 Å². The Kier molecular flexibility index (Phi) is 6.20. The Bertz CT molecular complexity index is 222. The van der Waals surface area contributed by atoms with Gasteiger partial charge in [-0.05, 0) is 6.92 Å². The Morgan fingerprint density at radius 1 is 1.50 bits per heavy atom. The first-order valence-electron chi connectivity index (χ1n) is 4.28. The van der Waals surface area contributed by atoms with Gasteiger partial charge in [0.15, 0.2) is 0 Å². The zero-order valence-electron chi connectivity index (χ0n) is 8.73. The number of methoxy groups -OCH3 is 1. The van der Waals surface area contributed by atoms with Crippen LogP contribution in [0.1, 0.15) is 13.3 Å². The maximum absolute atomic E-state index is 10.8. The van der Waals surface area contributed by atoms with Crippen LogP contribution in [0.25, 0.3) is 0 Å². The SMILES string of the molecule is COC[C@H](COP(C)(=O)O)CC(C)=O. The highest BCUT2D eigenvalue weighted by atomic mass is 31.2. The summed E-state index contributed by atoms with van der Waals surface area (Å²) in [7, 11) is -1.94. The van der Waals surface area contributed by atoms with Crippen molar-refractivity contribution in [1.29, 1.82) is 0 Å². The molecule has 5 nitrogen and oxygen atoms in total. The van der Waals surface area contributed by atoms with E-state index in [9.17, 15) is 9.36 Å². The number of ether oxygens (including phenoxy) is 1. The first-order chi connectivity index (χ1) is 6.35. The molecule has 0 spiro atoms. The van der Waals surface area contributed by atoms with Crippen molar-refractivity contribution in [2.24, 2.45) is 5.92 Å². The zero-order chi connectivity index (χ0) is 11.2. The highest BCUT2D eigenvalue weighted by Gasteiger charge is 2.17. The molecular weight excluding hydrogens is 207 g/mol. The van der Waals surface area contributed by atoms with E-state index in [1.54, 1.807) is 0 Å². The Morgan fingerprint density at radius 2 is 2.07 bits per heavy atom. The van der Waals surface area contributed by atoms with Crippen LogP contribution < -0.4 is 0 Å². The molecule has 0 aliphatic heterocycles. The Balaban J connectivity index is 3.96. The molecule has 0 rings (SSSR count). The van der Waals surface area contributed by atoms with Crippen molar-refractivity contribution < 1.29 is 23.5 Å². The van der Waals surface area contributed by atoms with Crippen molar-refractivity contribution in [3.05, 3.63) is 0 Å². The summed E-state index contributed by atoms with van der Waals surface area (Å²) in [6.07, 6.45) is 0.299. The lowest BCUT2D eigenvalue weighted by molar-refractivity contribution is -0.118. The summed E-state index contributed by atoms with van der Waals surface area (Å²) in [5.41, 5.74) is 0. The standard InChI is InChI=1S/C8H17O5P/c1-7(9)4-8(5-12-2)6-13-14(3,10)11/h8H,4-6H2,1-3H3,(H,10,11)/t8-/m1/s1. The van der Waals surface area contributed by atoms with E-state index in [2.05, 4.69) is 0 Å². The maximum atomic E-state index is 10.8. The second kappa shape index (κ2) is 6.30. The van der Waals surface area contributed by atoms with E-state index >= 15 is 0 Å². The topological polar surface area (TPSA) is 72.8 Å². The van der Waals surface area contributed by atoms with Crippen LogP contribution >= 0.6 is 7.60 Å². The fourth-order valence-corrected chi connectivity index (χ4v) is 1.54. The van der Waals surface area contributed by atoms with E-state index < -0.39 is 7.60 Å². The van der Waals surface area contributed by atoms with Crippen molar-refractivity contribution in [1.82, 2.24) is 0 Å². The van der Waals surface area contributed by atoms with Gasteiger partial charge in [0, 0.05) is 26.1 Å². The van der Waals surface area contributed by atoms with Crippen LogP contribution in [0, 0.1) is 5.92 Å². The molecule has 84 valence electrons. The molecule has 0 heterocycles. The molecule has 14 heavy (non-hydrogen) atoms. The van der Waals surface area contributed by atoms with Gasteiger partial charge < -0.3 is 18.9 Å². The number of carbonyl (C=O) groups excluding carboxylic acids is 1. The lowest BCUT2D eigenvalue weighted by Gasteiger charge is -2.15. The third kappa shape index (κ3) is 8.38. The monoisotopic (exact) mass is 224 g/mol. The van der Waals surface area contributed by atoms with Gasteiger partial charge in [0.05, 0.1) is 13.2 Å². The smallest absolute Gasteiger partial charge is 0.325 e. The summed E-state index contributed by atoms with van der Waals surface area (Å²) in [5, 5.41) is 0. The minimum absolute atomic E-state index is 0.0134. The second-order valence-electron chi connectivity index (χ2n) is 3.33. The summed E-state index contributed by atoms with van der Waals surface area (Å²) >= 11 is 0. The van der Waals surface area contributed by atoms with Crippen LogP contribution in [-0.2, 0) is 18.6 Å². The molecule has 0 saturated carbocycles. The Hall–Kier alpha value is -0.220. The van der Waals surface area contributed by atoms with E-state index in [-0.39, 0.29) is 18.3 Å². The van der Waals surface area contributed by atoms with E-state index in [0.717, 1.165) is 6.66 Å². The highest BCUT2D eigenvalue weighted by molar-refractivity contribution is 7.51.